The Morgan fingerprint density at radius 2 is 2.20 bits per heavy atom. The molecule has 0 fully saturated rings. The third-order valence-corrected chi connectivity index (χ3v) is 3.50. The van der Waals surface area contributed by atoms with Gasteiger partial charge in [0.25, 0.3) is 5.91 Å². The fraction of sp³-hybridized carbons (Fsp3) is 0.429. The van der Waals surface area contributed by atoms with Crippen LogP contribution in [0.3, 0.4) is 0 Å². The summed E-state index contributed by atoms with van der Waals surface area (Å²) < 4.78 is 4.62. The van der Waals surface area contributed by atoms with Gasteiger partial charge in [-0.05, 0) is 25.3 Å². The summed E-state index contributed by atoms with van der Waals surface area (Å²) in [5, 5.41) is 1.80. The topological polar surface area (TPSA) is 72.6 Å². The predicted octanol–water partition coefficient (Wildman–Crippen LogP) is 1.08. The van der Waals surface area contributed by atoms with Crippen LogP contribution in [0.2, 0.25) is 0 Å². The first-order valence-electron chi connectivity index (χ1n) is 6.15. The number of nitrogens with zero attached hydrogens (tertiary/aromatic N) is 1. The molecule has 0 aliphatic heterocycles. The highest BCUT2D eigenvalue weighted by atomic mass is 32.1. The maximum Gasteiger partial charge on any atom is 0.325 e. The van der Waals surface area contributed by atoms with E-state index in [1.54, 1.807) is 11.4 Å². The van der Waals surface area contributed by atoms with Crippen LogP contribution >= 0.6 is 11.3 Å². The van der Waals surface area contributed by atoms with Gasteiger partial charge in [0.05, 0.1) is 13.7 Å². The molecule has 0 spiro atoms. The van der Waals surface area contributed by atoms with Crippen LogP contribution in [0.25, 0.3) is 0 Å². The largest absolute Gasteiger partial charge is 0.468 e. The first-order chi connectivity index (χ1) is 9.51. The average molecular weight is 294 g/mol. The smallest absolute Gasteiger partial charge is 0.325 e. The third kappa shape index (κ3) is 4.08. The first kappa shape index (κ1) is 16.2. The fourth-order valence-corrected chi connectivity index (χ4v) is 2.35. The Hall–Kier alpha value is -1.84. The van der Waals surface area contributed by atoms with Crippen LogP contribution in [-0.4, -0.2) is 43.0 Å². The molecule has 1 aromatic rings. The number of amides is 1. The number of nitrogens with two attached hydrogens (primary N) is 1. The summed E-state index contributed by atoms with van der Waals surface area (Å²) >= 11 is 1.30. The van der Waals surface area contributed by atoms with Crippen molar-refractivity contribution in [1.29, 1.82) is 0 Å². The van der Waals surface area contributed by atoms with E-state index in [9.17, 15) is 9.59 Å². The average Bonchev–Trinajstić information content (AvgIpc) is 2.89. The number of hydrogen-bond acceptors (Lipinski definition) is 5. The normalized spacial score (nSPS) is 9.85. The van der Waals surface area contributed by atoms with Gasteiger partial charge in [0.1, 0.15) is 11.4 Å². The monoisotopic (exact) mass is 294 g/mol. The molecule has 0 saturated carbocycles. The zero-order chi connectivity index (χ0) is 15.1. The van der Waals surface area contributed by atoms with Crippen molar-refractivity contribution >= 4 is 23.2 Å². The summed E-state index contributed by atoms with van der Waals surface area (Å²) in [5.41, 5.74) is 5.98. The number of thiophene rings is 1. The molecule has 0 aliphatic rings. The van der Waals surface area contributed by atoms with Gasteiger partial charge in [-0.15, -0.1) is 11.3 Å². The van der Waals surface area contributed by atoms with Crippen molar-refractivity contribution in [2.75, 3.05) is 20.2 Å². The molecule has 5 nitrogen and oxygen atoms in total. The molecule has 0 unspecified atom stereocenters. The Morgan fingerprint density at radius 1 is 1.50 bits per heavy atom. The SMILES string of the molecule is COC(=O)CN(C(=O)c1sccc1C#CCN)C(C)C. The molecule has 0 bridgehead atoms. The van der Waals surface area contributed by atoms with E-state index < -0.39 is 5.97 Å². The van der Waals surface area contributed by atoms with Gasteiger partial charge in [0, 0.05) is 11.6 Å². The molecule has 0 atom stereocenters. The van der Waals surface area contributed by atoms with E-state index in [4.69, 9.17) is 5.73 Å². The van der Waals surface area contributed by atoms with E-state index in [1.807, 2.05) is 13.8 Å². The predicted molar refractivity (Wildman–Crippen MR) is 78.4 cm³/mol. The van der Waals surface area contributed by atoms with Crippen molar-refractivity contribution in [3.63, 3.8) is 0 Å². The minimum absolute atomic E-state index is 0.0747. The van der Waals surface area contributed by atoms with Crippen LogP contribution < -0.4 is 5.73 Å². The lowest BCUT2D eigenvalue weighted by molar-refractivity contribution is -0.141. The van der Waals surface area contributed by atoms with Crippen LogP contribution in [0.1, 0.15) is 29.1 Å². The van der Waals surface area contributed by atoms with Crippen molar-refractivity contribution in [3.8, 4) is 11.8 Å². The van der Waals surface area contributed by atoms with E-state index in [0.717, 1.165) is 0 Å². The highest BCUT2D eigenvalue weighted by molar-refractivity contribution is 7.12. The highest BCUT2D eigenvalue weighted by Crippen LogP contribution is 2.19. The molecule has 0 aliphatic carbocycles. The van der Waals surface area contributed by atoms with Gasteiger partial charge < -0.3 is 15.4 Å². The van der Waals surface area contributed by atoms with E-state index in [2.05, 4.69) is 16.6 Å². The van der Waals surface area contributed by atoms with Gasteiger partial charge in [-0.1, -0.05) is 11.8 Å². The first-order valence-corrected chi connectivity index (χ1v) is 7.03. The van der Waals surface area contributed by atoms with Crippen molar-refractivity contribution in [1.82, 2.24) is 4.90 Å². The van der Waals surface area contributed by atoms with E-state index in [-0.39, 0.29) is 25.0 Å². The molecule has 6 heteroatoms. The van der Waals surface area contributed by atoms with Gasteiger partial charge in [0.15, 0.2) is 0 Å². The second-order valence-electron chi connectivity index (χ2n) is 4.27. The molecule has 20 heavy (non-hydrogen) atoms. The minimum atomic E-state index is -0.446. The molecule has 1 rings (SSSR count). The number of hydrogen-bond donors (Lipinski definition) is 1. The molecule has 0 saturated heterocycles. The standard InChI is InChI=1S/C14H18N2O3S/c1-10(2)16(9-12(17)19-3)14(18)13-11(5-4-7-15)6-8-20-13/h6,8,10H,7,9,15H2,1-3H3. The van der Waals surface area contributed by atoms with Crippen molar-refractivity contribution in [3.05, 3.63) is 21.9 Å². The molecule has 1 amide bonds. The molecule has 1 aromatic heterocycles. The van der Waals surface area contributed by atoms with Crippen molar-refractivity contribution in [2.24, 2.45) is 5.73 Å². The fourth-order valence-electron chi connectivity index (χ4n) is 1.54. The number of ether oxygens (including phenoxy) is 1. The lowest BCUT2D eigenvalue weighted by Gasteiger charge is -2.25. The van der Waals surface area contributed by atoms with E-state index >= 15 is 0 Å². The summed E-state index contributed by atoms with van der Waals surface area (Å²) in [6.07, 6.45) is 0. The number of methoxy groups -OCH3 is 1. The second-order valence-corrected chi connectivity index (χ2v) is 5.19. The Labute approximate surface area is 122 Å². The molecular formula is C14H18N2O3S. The summed E-state index contributed by atoms with van der Waals surface area (Å²) in [6.45, 7) is 3.85. The Kier molecular flexibility index (Phi) is 6.22. The van der Waals surface area contributed by atoms with Crippen molar-refractivity contribution in [2.45, 2.75) is 19.9 Å². The second kappa shape index (κ2) is 7.68. The summed E-state index contributed by atoms with van der Waals surface area (Å²) in [5.74, 6) is 4.93. The Morgan fingerprint density at radius 3 is 2.75 bits per heavy atom. The lowest BCUT2D eigenvalue weighted by Crippen LogP contribution is -2.41. The van der Waals surface area contributed by atoms with Crippen LogP contribution in [0.5, 0.6) is 0 Å². The van der Waals surface area contributed by atoms with Gasteiger partial charge in [-0.25, -0.2) is 0 Å². The van der Waals surface area contributed by atoms with Gasteiger partial charge in [-0.3, -0.25) is 9.59 Å². The maximum atomic E-state index is 12.5. The van der Waals surface area contributed by atoms with Crippen LogP contribution in [0.15, 0.2) is 11.4 Å². The molecule has 0 aromatic carbocycles. The number of esters is 1. The van der Waals surface area contributed by atoms with Crippen LogP contribution in [0.4, 0.5) is 0 Å². The third-order valence-electron chi connectivity index (χ3n) is 2.60. The van der Waals surface area contributed by atoms with Gasteiger partial charge in [-0.2, -0.15) is 0 Å². The lowest BCUT2D eigenvalue weighted by atomic mass is 10.2. The van der Waals surface area contributed by atoms with Crippen molar-refractivity contribution < 1.29 is 14.3 Å². The number of rotatable bonds is 4. The molecule has 1 heterocycles. The summed E-state index contributed by atoms with van der Waals surface area (Å²) in [4.78, 5) is 25.9. The maximum absolute atomic E-state index is 12.5. The van der Waals surface area contributed by atoms with E-state index in [1.165, 1.54) is 23.3 Å². The Balaban J connectivity index is 3.01. The molecule has 2 N–H and O–H groups in total. The molecular weight excluding hydrogens is 276 g/mol. The zero-order valence-corrected chi connectivity index (χ0v) is 12.6. The van der Waals surface area contributed by atoms with Crippen LogP contribution in [-0.2, 0) is 9.53 Å². The van der Waals surface area contributed by atoms with Gasteiger partial charge >= 0.3 is 5.97 Å². The van der Waals surface area contributed by atoms with E-state index in [0.29, 0.717) is 10.4 Å². The molecule has 108 valence electrons. The van der Waals surface area contributed by atoms with Gasteiger partial charge in [0.2, 0.25) is 0 Å². The zero-order valence-electron chi connectivity index (χ0n) is 11.8. The number of carbonyl (C=O) groups excluding carboxylic acids is 2. The Bertz CT molecular complexity index is 540. The summed E-state index contributed by atoms with van der Waals surface area (Å²) in [6, 6.07) is 1.66. The quantitative estimate of drug-likeness (QED) is 0.666. The minimum Gasteiger partial charge on any atom is -0.468 e. The molecule has 0 radical (unpaired) electrons. The summed E-state index contributed by atoms with van der Waals surface area (Å²) in [7, 11) is 1.30. The van der Waals surface area contributed by atoms with Crippen LogP contribution in [0, 0.1) is 11.8 Å². The highest BCUT2D eigenvalue weighted by Gasteiger charge is 2.24. The number of carbonyl (C=O) groups is 2.